The molecule has 0 spiro atoms. The van der Waals surface area contributed by atoms with Crippen molar-refractivity contribution in [2.75, 3.05) is 19.8 Å². The van der Waals surface area contributed by atoms with Crippen LogP contribution in [0.1, 0.15) is 19.3 Å². The molecule has 21 heavy (non-hydrogen) atoms. The van der Waals surface area contributed by atoms with Gasteiger partial charge in [-0.2, -0.15) is 4.31 Å². The van der Waals surface area contributed by atoms with Gasteiger partial charge >= 0.3 is 0 Å². The van der Waals surface area contributed by atoms with E-state index in [0.29, 0.717) is 44.0 Å². The fourth-order valence-electron chi connectivity index (χ4n) is 2.68. The van der Waals surface area contributed by atoms with E-state index in [2.05, 4.69) is 0 Å². The summed E-state index contributed by atoms with van der Waals surface area (Å²) in [5, 5.41) is 0. The van der Waals surface area contributed by atoms with Crippen molar-refractivity contribution < 1.29 is 22.7 Å². The Morgan fingerprint density at radius 3 is 2.67 bits per heavy atom. The predicted molar refractivity (Wildman–Crippen MR) is 75.0 cm³/mol. The summed E-state index contributed by atoms with van der Waals surface area (Å²) >= 11 is 0. The molecule has 1 atom stereocenters. The number of sulfonamides is 1. The Labute approximate surface area is 123 Å². The lowest BCUT2D eigenvalue weighted by Crippen LogP contribution is -2.44. The molecule has 0 amide bonds. The van der Waals surface area contributed by atoms with Crippen LogP contribution in [0.25, 0.3) is 0 Å². The van der Waals surface area contributed by atoms with Gasteiger partial charge in [0, 0.05) is 12.6 Å². The minimum Gasteiger partial charge on any atom is -0.486 e. The zero-order valence-corrected chi connectivity index (χ0v) is 12.3. The molecule has 0 bridgehead atoms. The Hall–Kier alpha value is -1.60. The van der Waals surface area contributed by atoms with Crippen molar-refractivity contribution in [3.05, 3.63) is 18.2 Å². The van der Waals surface area contributed by atoms with Crippen LogP contribution in [0, 0.1) is 0 Å². The van der Waals surface area contributed by atoms with E-state index < -0.39 is 16.1 Å². The maximum absolute atomic E-state index is 12.7. The number of carbonyl (C=O) groups is 1. The van der Waals surface area contributed by atoms with Crippen LogP contribution in [-0.4, -0.2) is 44.8 Å². The molecule has 1 aromatic carbocycles. The molecule has 0 aliphatic carbocycles. The number of hydrogen-bond donors (Lipinski definition) is 0. The first-order valence-electron chi connectivity index (χ1n) is 7.00. The van der Waals surface area contributed by atoms with Crippen molar-refractivity contribution in [3.63, 3.8) is 0 Å². The number of nitrogens with zero attached hydrogens (tertiary/aromatic N) is 1. The first-order valence-corrected chi connectivity index (χ1v) is 8.44. The maximum Gasteiger partial charge on any atom is 0.243 e. The minimum absolute atomic E-state index is 0.139. The van der Waals surface area contributed by atoms with Gasteiger partial charge < -0.3 is 14.3 Å². The summed E-state index contributed by atoms with van der Waals surface area (Å²) in [6, 6.07) is 4.00. The largest absolute Gasteiger partial charge is 0.486 e. The highest BCUT2D eigenvalue weighted by atomic mass is 32.2. The number of carbonyl (C=O) groups excluding carboxylic acids is 1. The van der Waals surface area contributed by atoms with E-state index in [1.54, 1.807) is 6.07 Å². The highest BCUT2D eigenvalue weighted by Gasteiger charge is 2.34. The maximum atomic E-state index is 12.7. The Kier molecular flexibility index (Phi) is 3.86. The Morgan fingerprint density at radius 1 is 1.14 bits per heavy atom. The highest BCUT2D eigenvalue weighted by molar-refractivity contribution is 7.89. The van der Waals surface area contributed by atoms with Crippen LogP contribution in [0.4, 0.5) is 0 Å². The topological polar surface area (TPSA) is 72.9 Å². The van der Waals surface area contributed by atoms with Gasteiger partial charge in [-0.05, 0) is 25.0 Å². The summed E-state index contributed by atoms with van der Waals surface area (Å²) in [5.74, 6) is 0.979. The monoisotopic (exact) mass is 311 g/mol. The second-order valence-corrected chi connectivity index (χ2v) is 7.01. The van der Waals surface area contributed by atoms with Gasteiger partial charge in [-0.15, -0.1) is 0 Å². The molecule has 6 nitrogen and oxygen atoms in total. The molecule has 3 rings (SSSR count). The molecule has 0 saturated carbocycles. The summed E-state index contributed by atoms with van der Waals surface area (Å²) in [6.07, 6.45) is 2.94. The fourth-order valence-corrected chi connectivity index (χ4v) is 4.33. The number of fused-ring (bicyclic) bond motifs is 1. The Morgan fingerprint density at radius 2 is 1.90 bits per heavy atom. The van der Waals surface area contributed by atoms with E-state index >= 15 is 0 Å². The van der Waals surface area contributed by atoms with Crippen molar-refractivity contribution >= 4 is 16.3 Å². The summed E-state index contributed by atoms with van der Waals surface area (Å²) in [7, 11) is -3.69. The van der Waals surface area contributed by atoms with Gasteiger partial charge in [0.15, 0.2) is 11.5 Å². The molecule has 1 aromatic rings. The second kappa shape index (κ2) is 5.65. The lowest BCUT2D eigenvalue weighted by molar-refractivity contribution is -0.111. The molecular weight excluding hydrogens is 294 g/mol. The first kappa shape index (κ1) is 14.3. The third-order valence-electron chi connectivity index (χ3n) is 3.78. The molecule has 2 aliphatic rings. The summed E-state index contributed by atoms with van der Waals surface area (Å²) in [6.45, 7) is 1.23. The number of hydrogen-bond acceptors (Lipinski definition) is 5. The molecule has 0 radical (unpaired) electrons. The number of rotatable bonds is 3. The Balaban J connectivity index is 1.95. The predicted octanol–water partition coefficient (Wildman–Crippen LogP) is 1.20. The highest BCUT2D eigenvalue weighted by Crippen LogP contribution is 2.34. The SMILES string of the molecule is O=CC1CCCCN1S(=O)(=O)c1ccc2c(c1)OCCO2. The third kappa shape index (κ3) is 2.63. The van der Waals surface area contributed by atoms with Gasteiger partial charge in [0.1, 0.15) is 19.5 Å². The van der Waals surface area contributed by atoms with Gasteiger partial charge in [0.2, 0.25) is 10.0 Å². The second-order valence-electron chi connectivity index (χ2n) is 5.12. The molecule has 7 heteroatoms. The van der Waals surface area contributed by atoms with Crippen LogP contribution in [0.2, 0.25) is 0 Å². The minimum atomic E-state index is -3.69. The standard InChI is InChI=1S/C14H17NO5S/c16-10-11-3-1-2-6-15(11)21(17,18)12-4-5-13-14(9-12)20-8-7-19-13/h4-5,9-11H,1-3,6-8H2. The number of ether oxygens (including phenoxy) is 2. The van der Waals surface area contributed by atoms with Crippen LogP contribution in [-0.2, 0) is 14.8 Å². The molecule has 0 aromatic heterocycles. The summed E-state index contributed by atoms with van der Waals surface area (Å²) in [5.41, 5.74) is 0. The number of piperidine rings is 1. The van der Waals surface area contributed by atoms with Crippen molar-refractivity contribution in [2.45, 2.75) is 30.2 Å². The van der Waals surface area contributed by atoms with Gasteiger partial charge in [-0.25, -0.2) is 8.42 Å². The van der Waals surface area contributed by atoms with Crippen LogP contribution >= 0.6 is 0 Å². The van der Waals surface area contributed by atoms with Crippen molar-refractivity contribution in [1.29, 1.82) is 0 Å². The van der Waals surface area contributed by atoms with Gasteiger partial charge in [-0.1, -0.05) is 6.42 Å². The number of aldehydes is 1. The van der Waals surface area contributed by atoms with Gasteiger partial charge in [-0.3, -0.25) is 0 Å². The van der Waals surface area contributed by atoms with Gasteiger partial charge in [0.25, 0.3) is 0 Å². The molecule has 1 unspecified atom stereocenters. The molecular formula is C14H17NO5S. The van der Waals surface area contributed by atoms with E-state index in [0.717, 1.165) is 12.8 Å². The molecule has 2 aliphatic heterocycles. The molecule has 1 fully saturated rings. The zero-order chi connectivity index (χ0) is 14.9. The van der Waals surface area contributed by atoms with E-state index in [1.807, 2.05) is 0 Å². The van der Waals surface area contributed by atoms with Crippen LogP contribution in [0.3, 0.4) is 0 Å². The fraction of sp³-hybridized carbons (Fsp3) is 0.500. The normalized spacial score (nSPS) is 22.8. The third-order valence-corrected chi connectivity index (χ3v) is 5.70. The van der Waals surface area contributed by atoms with Crippen LogP contribution in [0.5, 0.6) is 11.5 Å². The summed E-state index contributed by atoms with van der Waals surface area (Å²) < 4.78 is 37.5. The summed E-state index contributed by atoms with van der Waals surface area (Å²) in [4.78, 5) is 11.3. The van der Waals surface area contributed by atoms with Crippen LogP contribution in [0.15, 0.2) is 23.1 Å². The lowest BCUT2D eigenvalue weighted by Gasteiger charge is -2.31. The molecule has 2 heterocycles. The van der Waals surface area contributed by atoms with Crippen LogP contribution < -0.4 is 9.47 Å². The van der Waals surface area contributed by atoms with Crippen molar-refractivity contribution in [3.8, 4) is 11.5 Å². The van der Waals surface area contributed by atoms with Crippen molar-refractivity contribution in [2.24, 2.45) is 0 Å². The quantitative estimate of drug-likeness (QED) is 0.784. The van der Waals surface area contributed by atoms with Crippen molar-refractivity contribution in [1.82, 2.24) is 4.31 Å². The molecule has 0 N–H and O–H groups in total. The molecule has 1 saturated heterocycles. The van der Waals surface area contributed by atoms with E-state index in [1.165, 1.54) is 16.4 Å². The molecule has 114 valence electrons. The lowest BCUT2D eigenvalue weighted by atomic mass is 10.1. The Bertz CT molecular complexity index is 643. The smallest absolute Gasteiger partial charge is 0.243 e. The van der Waals surface area contributed by atoms with E-state index in [9.17, 15) is 13.2 Å². The van der Waals surface area contributed by atoms with Gasteiger partial charge in [0.05, 0.1) is 10.9 Å². The first-order chi connectivity index (χ1) is 10.1. The average molecular weight is 311 g/mol. The zero-order valence-electron chi connectivity index (χ0n) is 11.5. The van der Waals surface area contributed by atoms with E-state index in [-0.39, 0.29) is 4.90 Å². The number of benzene rings is 1. The van der Waals surface area contributed by atoms with E-state index in [4.69, 9.17) is 9.47 Å². The average Bonchev–Trinajstić information content (AvgIpc) is 2.54.